The van der Waals surface area contributed by atoms with Crippen molar-refractivity contribution in [2.24, 2.45) is 0 Å². The van der Waals surface area contributed by atoms with E-state index in [4.69, 9.17) is 0 Å². The lowest BCUT2D eigenvalue weighted by Gasteiger charge is -2.16. The molecule has 0 saturated heterocycles. The van der Waals surface area contributed by atoms with Gasteiger partial charge in [-0.15, -0.1) is 0 Å². The Kier molecular flexibility index (Phi) is 2.37. The number of aromatic nitrogens is 2. The van der Waals surface area contributed by atoms with Gasteiger partial charge in [0.15, 0.2) is 5.82 Å². The van der Waals surface area contributed by atoms with Gasteiger partial charge in [0, 0.05) is 0 Å². The molecule has 2 rings (SSSR count). The van der Waals surface area contributed by atoms with Crippen LogP contribution in [-0.2, 0) is 5.92 Å². The molecule has 0 bridgehead atoms. The number of para-hydroxylation sites is 1. The molecule has 2 nitrogen and oxygen atoms in total. The third-order valence-electron chi connectivity index (χ3n) is 2.37. The van der Waals surface area contributed by atoms with Crippen molar-refractivity contribution in [1.29, 1.82) is 0 Å². The second-order valence-corrected chi connectivity index (χ2v) is 3.63. The zero-order valence-electron chi connectivity index (χ0n) is 8.57. The van der Waals surface area contributed by atoms with E-state index in [0.717, 1.165) is 0 Å². The average molecular weight is 250 g/mol. The number of imidazole rings is 1. The summed E-state index contributed by atoms with van der Waals surface area (Å²) in [5.41, 5.74) is 0.804. The Labute approximate surface area is 92.5 Å². The van der Waals surface area contributed by atoms with Crippen molar-refractivity contribution in [2.45, 2.75) is 19.0 Å². The summed E-state index contributed by atoms with van der Waals surface area (Å²) in [6.45, 7) is 1.58. The first kappa shape index (κ1) is 11.8. The number of benzene rings is 1. The maximum absolute atomic E-state index is 13.0. The zero-order valence-corrected chi connectivity index (χ0v) is 8.57. The maximum atomic E-state index is 13.0. The highest BCUT2D eigenvalue weighted by atomic mass is 19.4. The first-order valence-corrected chi connectivity index (χ1v) is 4.64. The number of nitrogens with zero attached hydrogens (tertiary/aromatic N) is 1. The van der Waals surface area contributed by atoms with E-state index < -0.39 is 17.9 Å². The molecule has 0 unspecified atom stereocenters. The number of rotatable bonds is 1. The predicted octanol–water partition coefficient (Wildman–Crippen LogP) is 3.53. The summed E-state index contributed by atoms with van der Waals surface area (Å²) in [7, 11) is 0. The molecule has 0 aliphatic carbocycles. The Morgan fingerprint density at radius 1 is 1.12 bits per heavy atom. The normalized spacial score (nSPS) is 13.3. The predicted molar refractivity (Wildman–Crippen MR) is 50.8 cm³/mol. The lowest BCUT2D eigenvalue weighted by Crippen LogP contribution is -2.34. The summed E-state index contributed by atoms with van der Waals surface area (Å²) in [5.74, 6) is -6.35. The molecule has 0 radical (unpaired) electrons. The molecular formula is C10H7F5N2. The van der Waals surface area contributed by atoms with E-state index in [-0.39, 0.29) is 11.0 Å². The van der Waals surface area contributed by atoms with Gasteiger partial charge in [0.2, 0.25) is 0 Å². The van der Waals surface area contributed by atoms with Gasteiger partial charge in [-0.1, -0.05) is 12.1 Å². The van der Waals surface area contributed by atoms with Crippen LogP contribution in [0.25, 0.3) is 11.0 Å². The third kappa shape index (κ3) is 1.75. The Morgan fingerprint density at radius 3 is 2.29 bits per heavy atom. The van der Waals surface area contributed by atoms with Gasteiger partial charge in [0.05, 0.1) is 11.0 Å². The molecule has 0 atom stereocenters. The van der Waals surface area contributed by atoms with Crippen LogP contribution >= 0.6 is 0 Å². The fourth-order valence-corrected chi connectivity index (χ4v) is 1.46. The van der Waals surface area contributed by atoms with E-state index in [9.17, 15) is 22.0 Å². The number of fused-ring (bicyclic) bond motifs is 1. The van der Waals surface area contributed by atoms with Crippen molar-refractivity contribution in [3.05, 3.63) is 29.6 Å². The smallest absolute Gasteiger partial charge is 0.337 e. The summed E-state index contributed by atoms with van der Waals surface area (Å²) in [4.78, 5) is 5.33. The molecule has 0 spiro atoms. The highest BCUT2D eigenvalue weighted by Gasteiger charge is 2.61. The number of aryl methyl sites for hydroxylation is 1. The standard InChI is InChI=1S/C10H7F5N2/c1-5-3-2-4-6-7(5)17-8(16-6)9(11,12)10(13,14)15/h2-4H,1H3,(H,16,17). The summed E-state index contributed by atoms with van der Waals surface area (Å²) in [6, 6.07) is 4.52. The Bertz CT molecular complexity index is 555. The Balaban J connectivity index is 2.62. The van der Waals surface area contributed by atoms with Crippen LogP contribution in [0, 0.1) is 6.92 Å². The van der Waals surface area contributed by atoms with Crippen LogP contribution in [0.4, 0.5) is 22.0 Å². The maximum Gasteiger partial charge on any atom is 0.461 e. The molecule has 1 N–H and O–H groups in total. The minimum absolute atomic E-state index is 0.117. The molecule has 0 saturated carbocycles. The van der Waals surface area contributed by atoms with Gasteiger partial charge in [-0.2, -0.15) is 22.0 Å². The molecule has 17 heavy (non-hydrogen) atoms. The summed E-state index contributed by atoms with van der Waals surface area (Å²) in [5, 5.41) is 0. The van der Waals surface area contributed by atoms with Gasteiger partial charge < -0.3 is 4.98 Å². The highest BCUT2D eigenvalue weighted by molar-refractivity contribution is 5.78. The van der Waals surface area contributed by atoms with Gasteiger partial charge >= 0.3 is 12.1 Å². The summed E-state index contributed by atoms with van der Waals surface area (Å²) < 4.78 is 62.4. The van der Waals surface area contributed by atoms with Gasteiger partial charge in [-0.3, -0.25) is 0 Å². The highest BCUT2D eigenvalue weighted by Crippen LogP contribution is 2.43. The molecule has 0 amide bonds. The molecule has 2 aromatic rings. The van der Waals surface area contributed by atoms with E-state index in [1.165, 1.54) is 6.07 Å². The van der Waals surface area contributed by atoms with Crippen LogP contribution < -0.4 is 0 Å². The molecule has 0 fully saturated rings. The van der Waals surface area contributed by atoms with Crippen LogP contribution in [0.3, 0.4) is 0 Å². The average Bonchev–Trinajstić information content (AvgIpc) is 2.61. The molecule has 92 valence electrons. The molecule has 7 heteroatoms. The van der Waals surface area contributed by atoms with Crippen molar-refractivity contribution >= 4 is 11.0 Å². The fourth-order valence-electron chi connectivity index (χ4n) is 1.46. The van der Waals surface area contributed by atoms with Crippen LogP contribution in [0.5, 0.6) is 0 Å². The van der Waals surface area contributed by atoms with E-state index in [1.807, 2.05) is 4.98 Å². The second-order valence-electron chi connectivity index (χ2n) is 3.63. The summed E-state index contributed by atoms with van der Waals surface area (Å²) >= 11 is 0. The molecule has 0 aliphatic heterocycles. The van der Waals surface area contributed by atoms with Crippen LogP contribution in [0.2, 0.25) is 0 Å². The van der Waals surface area contributed by atoms with Crippen LogP contribution in [0.1, 0.15) is 11.4 Å². The number of H-pyrrole nitrogens is 1. The molecule has 1 aromatic heterocycles. The topological polar surface area (TPSA) is 28.7 Å². The number of hydrogen-bond donors (Lipinski definition) is 1. The fraction of sp³-hybridized carbons (Fsp3) is 0.300. The van der Waals surface area contributed by atoms with E-state index in [2.05, 4.69) is 4.98 Å². The van der Waals surface area contributed by atoms with Gasteiger partial charge in [0.25, 0.3) is 0 Å². The van der Waals surface area contributed by atoms with Gasteiger partial charge in [-0.25, -0.2) is 4.98 Å². The molecule has 1 aromatic carbocycles. The van der Waals surface area contributed by atoms with Crippen LogP contribution in [0.15, 0.2) is 18.2 Å². The quantitative estimate of drug-likeness (QED) is 0.770. The molecule has 0 aliphatic rings. The van der Waals surface area contributed by atoms with Crippen molar-refractivity contribution in [2.75, 3.05) is 0 Å². The first-order valence-electron chi connectivity index (χ1n) is 4.64. The van der Waals surface area contributed by atoms with Gasteiger partial charge in [0.1, 0.15) is 0 Å². The van der Waals surface area contributed by atoms with E-state index in [1.54, 1.807) is 19.1 Å². The van der Waals surface area contributed by atoms with Crippen LogP contribution in [-0.4, -0.2) is 16.1 Å². The van der Waals surface area contributed by atoms with Crippen molar-refractivity contribution < 1.29 is 22.0 Å². The number of aromatic amines is 1. The first-order chi connectivity index (χ1) is 7.73. The molecular weight excluding hydrogens is 243 g/mol. The minimum atomic E-state index is -5.66. The summed E-state index contributed by atoms with van der Waals surface area (Å²) in [6.07, 6.45) is -5.66. The van der Waals surface area contributed by atoms with Gasteiger partial charge in [-0.05, 0) is 18.6 Å². The lowest BCUT2D eigenvalue weighted by molar-refractivity contribution is -0.292. The minimum Gasteiger partial charge on any atom is -0.337 e. The Hall–Kier alpha value is -1.66. The van der Waals surface area contributed by atoms with E-state index >= 15 is 0 Å². The molecule has 1 heterocycles. The second kappa shape index (κ2) is 3.41. The number of halogens is 5. The number of nitrogens with one attached hydrogen (secondary N) is 1. The number of hydrogen-bond acceptors (Lipinski definition) is 1. The SMILES string of the molecule is Cc1cccc2[nH]c(C(F)(F)C(F)(F)F)nc12. The lowest BCUT2D eigenvalue weighted by atomic mass is 10.2. The van der Waals surface area contributed by atoms with Crippen molar-refractivity contribution in [3.8, 4) is 0 Å². The zero-order chi connectivity index (χ0) is 12.8. The Morgan fingerprint density at radius 2 is 1.76 bits per heavy atom. The largest absolute Gasteiger partial charge is 0.461 e. The van der Waals surface area contributed by atoms with Crippen molar-refractivity contribution in [3.63, 3.8) is 0 Å². The third-order valence-corrected chi connectivity index (χ3v) is 2.37. The number of alkyl halides is 5. The monoisotopic (exact) mass is 250 g/mol. The van der Waals surface area contributed by atoms with E-state index in [0.29, 0.717) is 5.56 Å². The van der Waals surface area contributed by atoms with Crippen molar-refractivity contribution in [1.82, 2.24) is 9.97 Å².